The monoisotopic (exact) mass is 263 g/mol. The SMILES string of the molecule is Cc1cccc(C(NCC2CCCO2)C(=O)O)c1C. The van der Waals surface area contributed by atoms with Gasteiger partial charge >= 0.3 is 5.97 Å². The molecule has 0 bridgehead atoms. The molecule has 0 aromatic heterocycles. The van der Waals surface area contributed by atoms with Gasteiger partial charge in [-0.15, -0.1) is 0 Å². The van der Waals surface area contributed by atoms with Gasteiger partial charge in [-0.2, -0.15) is 0 Å². The Bertz CT molecular complexity index is 453. The summed E-state index contributed by atoms with van der Waals surface area (Å²) in [7, 11) is 0. The first-order valence-corrected chi connectivity index (χ1v) is 6.73. The van der Waals surface area contributed by atoms with Crippen molar-refractivity contribution in [3.05, 3.63) is 34.9 Å². The van der Waals surface area contributed by atoms with Crippen molar-refractivity contribution >= 4 is 5.97 Å². The molecule has 1 aliphatic heterocycles. The molecule has 1 heterocycles. The fourth-order valence-electron chi connectivity index (χ4n) is 2.47. The number of hydrogen-bond acceptors (Lipinski definition) is 3. The van der Waals surface area contributed by atoms with Gasteiger partial charge < -0.3 is 9.84 Å². The van der Waals surface area contributed by atoms with Crippen LogP contribution < -0.4 is 5.32 Å². The van der Waals surface area contributed by atoms with Crippen LogP contribution in [0.2, 0.25) is 0 Å². The van der Waals surface area contributed by atoms with Crippen LogP contribution in [0.1, 0.15) is 35.6 Å². The maximum atomic E-state index is 11.5. The molecule has 1 aliphatic rings. The minimum atomic E-state index is -0.841. The van der Waals surface area contributed by atoms with Crippen LogP contribution in [-0.4, -0.2) is 30.3 Å². The number of aryl methyl sites for hydroxylation is 1. The third kappa shape index (κ3) is 3.33. The van der Waals surface area contributed by atoms with E-state index in [9.17, 15) is 9.90 Å². The normalized spacial score (nSPS) is 20.4. The number of hydrogen-bond donors (Lipinski definition) is 2. The zero-order chi connectivity index (χ0) is 13.8. The molecule has 1 aromatic rings. The Morgan fingerprint density at radius 1 is 1.53 bits per heavy atom. The Balaban J connectivity index is 2.10. The predicted molar refractivity (Wildman–Crippen MR) is 73.3 cm³/mol. The van der Waals surface area contributed by atoms with Crippen LogP contribution in [0, 0.1) is 13.8 Å². The molecule has 104 valence electrons. The summed E-state index contributed by atoms with van der Waals surface area (Å²) in [6, 6.07) is 5.12. The second-order valence-corrected chi connectivity index (χ2v) is 5.10. The van der Waals surface area contributed by atoms with Gasteiger partial charge in [0.05, 0.1) is 6.10 Å². The van der Waals surface area contributed by atoms with Gasteiger partial charge in [-0.3, -0.25) is 10.1 Å². The van der Waals surface area contributed by atoms with Gasteiger partial charge in [0.1, 0.15) is 6.04 Å². The Morgan fingerprint density at radius 2 is 2.32 bits per heavy atom. The fraction of sp³-hybridized carbons (Fsp3) is 0.533. The molecule has 1 fully saturated rings. The summed E-state index contributed by atoms with van der Waals surface area (Å²) in [5.41, 5.74) is 2.99. The Hall–Kier alpha value is -1.39. The topological polar surface area (TPSA) is 58.6 Å². The van der Waals surface area contributed by atoms with Crippen LogP contribution in [-0.2, 0) is 9.53 Å². The third-order valence-corrected chi connectivity index (χ3v) is 3.78. The standard InChI is InChI=1S/C15H21NO3/c1-10-5-3-7-13(11(10)2)14(15(17)18)16-9-12-6-4-8-19-12/h3,5,7,12,14,16H,4,6,8-9H2,1-2H3,(H,17,18). The molecule has 4 heteroatoms. The van der Waals surface area contributed by atoms with Crippen LogP contribution >= 0.6 is 0 Å². The van der Waals surface area contributed by atoms with Gasteiger partial charge in [0.25, 0.3) is 0 Å². The second-order valence-electron chi connectivity index (χ2n) is 5.10. The van der Waals surface area contributed by atoms with Crippen molar-refractivity contribution in [2.45, 2.75) is 38.8 Å². The van der Waals surface area contributed by atoms with E-state index in [0.717, 1.165) is 36.1 Å². The zero-order valence-corrected chi connectivity index (χ0v) is 11.5. The molecule has 2 N–H and O–H groups in total. The van der Waals surface area contributed by atoms with Crippen molar-refractivity contribution in [2.24, 2.45) is 0 Å². The summed E-state index contributed by atoms with van der Waals surface area (Å²) in [6.45, 7) is 5.34. The van der Waals surface area contributed by atoms with Crippen LogP contribution in [0.15, 0.2) is 18.2 Å². The van der Waals surface area contributed by atoms with Crippen LogP contribution in [0.3, 0.4) is 0 Å². The molecule has 0 radical (unpaired) electrons. The maximum absolute atomic E-state index is 11.5. The van der Waals surface area contributed by atoms with E-state index in [1.165, 1.54) is 0 Å². The van der Waals surface area contributed by atoms with Gasteiger partial charge in [-0.25, -0.2) is 0 Å². The highest BCUT2D eigenvalue weighted by molar-refractivity contribution is 5.76. The first-order chi connectivity index (χ1) is 9.09. The van der Waals surface area contributed by atoms with Crippen LogP contribution in [0.25, 0.3) is 0 Å². The van der Waals surface area contributed by atoms with E-state index in [4.69, 9.17) is 4.74 Å². The number of carbonyl (C=O) groups is 1. The summed E-state index contributed by atoms with van der Waals surface area (Å²) in [5, 5.41) is 12.5. The first-order valence-electron chi connectivity index (χ1n) is 6.73. The van der Waals surface area contributed by atoms with E-state index in [1.54, 1.807) is 0 Å². The molecule has 1 aromatic carbocycles. The van der Waals surface area contributed by atoms with Crippen molar-refractivity contribution in [2.75, 3.05) is 13.2 Å². The number of benzene rings is 1. The van der Waals surface area contributed by atoms with Crippen molar-refractivity contribution in [1.82, 2.24) is 5.32 Å². The van der Waals surface area contributed by atoms with Crippen LogP contribution in [0.5, 0.6) is 0 Å². The molecule has 0 saturated carbocycles. The first kappa shape index (κ1) is 14.0. The van der Waals surface area contributed by atoms with E-state index in [-0.39, 0.29) is 6.10 Å². The molecule has 0 aliphatic carbocycles. The number of rotatable bonds is 5. The lowest BCUT2D eigenvalue weighted by molar-refractivity contribution is -0.139. The lowest BCUT2D eigenvalue weighted by Crippen LogP contribution is -2.34. The third-order valence-electron chi connectivity index (χ3n) is 3.78. The predicted octanol–water partition coefficient (Wildman–Crippen LogP) is 2.20. The van der Waals surface area contributed by atoms with Crippen molar-refractivity contribution in [3.63, 3.8) is 0 Å². The summed E-state index contributed by atoms with van der Waals surface area (Å²) >= 11 is 0. The number of nitrogens with one attached hydrogen (secondary N) is 1. The van der Waals surface area contributed by atoms with E-state index < -0.39 is 12.0 Å². The molecular formula is C15H21NO3. The summed E-state index contributed by atoms with van der Waals surface area (Å²) in [4.78, 5) is 11.5. The fourth-order valence-corrected chi connectivity index (χ4v) is 2.47. The lowest BCUT2D eigenvalue weighted by atomic mass is 9.97. The average Bonchev–Trinajstić information content (AvgIpc) is 2.87. The molecule has 2 rings (SSSR count). The Kier molecular flexibility index (Phi) is 4.56. The maximum Gasteiger partial charge on any atom is 0.325 e. The molecule has 1 saturated heterocycles. The van der Waals surface area contributed by atoms with Gasteiger partial charge in [-0.05, 0) is 43.4 Å². The van der Waals surface area contributed by atoms with Crippen LogP contribution in [0.4, 0.5) is 0 Å². The van der Waals surface area contributed by atoms with Crippen molar-refractivity contribution in [3.8, 4) is 0 Å². The highest BCUT2D eigenvalue weighted by Gasteiger charge is 2.24. The number of carboxylic acids is 1. The van der Waals surface area contributed by atoms with Crippen molar-refractivity contribution in [1.29, 1.82) is 0 Å². The molecule has 4 nitrogen and oxygen atoms in total. The van der Waals surface area contributed by atoms with Gasteiger partial charge in [0, 0.05) is 13.2 Å². The average molecular weight is 263 g/mol. The second kappa shape index (κ2) is 6.17. The Labute approximate surface area is 113 Å². The Morgan fingerprint density at radius 3 is 2.95 bits per heavy atom. The highest BCUT2D eigenvalue weighted by atomic mass is 16.5. The number of aliphatic carboxylic acids is 1. The summed E-state index contributed by atoms with van der Waals surface area (Å²) < 4.78 is 5.52. The molecule has 2 unspecified atom stereocenters. The van der Waals surface area contributed by atoms with E-state index in [1.807, 2.05) is 32.0 Å². The van der Waals surface area contributed by atoms with Crippen molar-refractivity contribution < 1.29 is 14.6 Å². The molecule has 0 amide bonds. The molecule has 0 spiro atoms. The highest BCUT2D eigenvalue weighted by Crippen LogP contribution is 2.21. The zero-order valence-electron chi connectivity index (χ0n) is 11.5. The van der Waals surface area contributed by atoms with Gasteiger partial charge in [-0.1, -0.05) is 18.2 Å². The molecule has 19 heavy (non-hydrogen) atoms. The quantitative estimate of drug-likeness (QED) is 0.855. The summed E-state index contributed by atoms with van der Waals surface area (Å²) in [6.07, 6.45) is 2.21. The van der Waals surface area contributed by atoms with E-state index in [0.29, 0.717) is 6.54 Å². The van der Waals surface area contributed by atoms with Gasteiger partial charge in [0.2, 0.25) is 0 Å². The smallest absolute Gasteiger partial charge is 0.325 e. The molecular weight excluding hydrogens is 242 g/mol. The van der Waals surface area contributed by atoms with E-state index in [2.05, 4.69) is 5.32 Å². The minimum absolute atomic E-state index is 0.145. The van der Waals surface area contributed by atoms with Gasteiger partial charge in [0.15, 0.2) is 0 Å². The largest absolute Gasteiger partial charge is 0.480 e. The molecule has 2 atom stereocenters. The number of carboxylic acid groups (broad SMARTS) is 1. The van der Waals surface area contributed by atoms with E-state index >= 15 is 0 Å². The lowest BCUT2D eigenvalue weighted by Gasteiger charge is -2.20. The summed E-state index contributed by atoms with van der Waals surface area (Å²) in [5.74, 6) is -0.841. The minimum Gasteiger partial charge on any atom is -0.480 e. The number of ether oxygens (including phenoxy) is 1.